The maximum atomic E-state index is 12.5. The molecular formula is C19H26N4O2. The van der Waals surface area contributed by atoms with Crippen molar-refractivity contribution >= 4 is 16.9 Å². The molecule has 2 N–H and O–H groups in total. The number of H-pyrrole nitrogens is 1. The maximum absolute atomic E-state index is 12.5. The highest BCUT2D eigenvalue weighted by Gasteiger charge is 2.27. The van der Waals surface area contributed by atoms with Gasteiger partial charge in [-0.15, -0.1) is 0 Å². The lowest BCUT2D eigenvalue weighted by Gasteiger charge is -2.33. The van der Waals surface area contributed by atoms with Gasteiger partial charge in [0, 0.05) is 49.3 Å². The van der Waals surface area contributed by atoms with Crippen LogP contribution < -0.4 is 5.32 Å². The van der Waals surface area contributed by atoms with Crippen LogP contribution in [0.2, 0.25) is 0 Å². The van der Waals surface area contributed by atoms with Crippen molar-refractivity contribution in [1.82, 2.24) is 20.4 Å². The van der Waals surface area contributed by atoms with Gasteiger partial charge in [0.05, 0.1) is 5.52 Å². The normalized spacial score (nSPS) is 20.1. The number of piperidine rings is 1. The first-order valence-corrected chi connectivity index (χ1v) is 9.29. The van der Waals surface area contributed by atoms with Crippen molar-refractivity contribution in [3.05, 3.63) is 29.5 Å². The lowest BCUT2D eigenvalue weighted by Crippen LogP contribution is -2.49. The van der Waals surface area contributed by atoms with Crippen molar-refractivity contribution in [2.45, 2.75) is 44.6 Å². The molecule has 1 aromatic heterocycles. The van der Waals surface area contributed by atoms with Crippen LogP contribution in [-0.4, -0.2) is 53.5 Å². The summed E-state index contributed by atoms with van der Waals surface area (Å²) in [5.74, 6) is 0.443. The second kappa shape index (κ2) is 7.04. The van der Waals surface area contributed by atoms with Crippen LogP contribution in [-0.2, 0) is 4.74 Å². The summed E-state index contributed by atoms with van der Waals surface area (Å²) in [5.41, 5.74) is 3.49. The highest BCUT2D eigenvalue weighted by atomic mass is 16.5. The van der Waals surface area contributed by atoms with Crippen LogP contribution in [0.1, 0.15) is 42.9 Å². The molecule has 0 unspecified atom stereocenters. The zero-order valence-electron chi connectivity index (χ0n) is 14.8. The number of nitrogens with one attached hydrogen (secondary N) is 2. The molecular weight excluding hydrogens is 316 g/mol. The summed E-state index contributed by atoms with van der Waals surface area (Å²) < 4.78 is 5.35. The van der Waals surface area contributed by atoms with Gasteiger partial charge in [0.15, 0.2) is 0 Å². The third-order valence-corrected chi connectivity index (χ3v) is 5.56. The Bertz CT molecular complexity index is 743. The molecule has 6 heteroatoms. The fraction of sp³-hybridized carbons (Fsp3) is 0.579. The van der Waals surface area contributed by atoms with E-state index in [2.05, 4.69) is 40.6 Å². The zero-order valence-corrected chi connectivity index (χ0v) is 14.8. The van der Waals surface area contributed by atoms with Crippen molar-refractivity contribution in [2.24, 2.45) is 0 Å². The lowest BCUT2D eigenvalue weighted by molar-refractivity contribution is 0.0775. The van der Waals surface area contributed by atoms with Crippen LogP contribution in [0.4, 0.5) is 4.79 Å². The predicted molar refractivity (Wildman–Crippen MR) is 96.8 cm³/mol. The average molecular weight is 342 g/mol. The second-order valence-corrected chi connectivity index (χ2v) is 7.21. The van der Waals surface area contributed by atoms with Gasteiger partial charge < -0.3 is 15.0 Å². The number of carbonyl (C=O) groups is 1. The molecule has 6 nitrogen and oxygen atoms in total. The summed E-state index contributed by atoms with van der Waals surface area (Å²) in [7, 11) is 0. The lowest BCUT2D eigenvalue weighted by atomic mass is 9.91. The largest absolute Gasteiger partial charge is 0.381 e. The SMILES string of the molecule is Cc1cccc2c(C3CCN(C(=O)NC4CCOCC4)CC3)[nH]nc12. The molecule has 1 aromatic carbocycles. The Labute approximate surface area is 147 Å². The Kier molecular flexibility index (Phi) is 4.61. The highest BCUT2D eigenvalue weighted by molar-refractivity contribution is 5.84. The number of nitrogens with zero attached hydrogens (tertiary/aromatic N) is 2. The molecule has 0 radical (unpaired) electrons. The number of fused-ring (bicyclic) bond motifs is 1. The number of amides is 2. The second-order valence-electron chi connectivity index (χ2n) is 7.21. The Morgan fingerprint density at radius 1 is 1.24 bits per heavy atom. The Morgan fingerprint density at radius 3 is 2.76 bits per heavy atom. The number of benzene rings is 1. The van der Waals surface area contributed by atoms with Crippen LogP contribution in [0.5, 0.6) is 0 Å². The molecule has 2 amide bonds. The van der Waals surface area contributed by atoms with Crippen LogP contribution in [0.25, 0.3) is 10.9 Å². The summed E-state index contributed by atoms with van der Waals surface area (Å²) in [6.45, 7) is 5.19. The number of aryl methyl sites for hydroxylation is 1. The predicted octanol–water partition coefficient (Wildman–Crippen LogP) is 2.94. The standard InChI is InChI=1S/C19H26N4O2/c1-13-3-2-4-16-17(13)21-22-18(16)14-5-9-23(10-6-14)19(24)20-15-7-11-25-12-8-15/h2-4,14-15H,5-12H2,1H3,(H,20,24)(H,21,22). The summed E-state index contributed by atoms with van der Waals surface area (Å²) in [6, 6.07) is 6.67. The molecule has 2 fully saturated rings. The van der Waals surface area contributed by atoms with Crippen molar-refractivity contribution < 1.29 is 9.53 Å². The minimum Gasteiger partial charge on any atom is -0.381 e. The number of carbonyl (C=O) groups excluding carboxylic acids is 1. The van der Waals surface area contributed by atoms with Crippen LogP contribution >= 0.6 is 0 Å². The van der Waals surface area contributed by atoms with Gasteiger partial charge in [-0.2, -0.15) is 5.10 Å². The fourth-order valence-corrected chi connectivity index (χ4v) is 3.99. The quantitative estimate of drug-likeness (QED) is 0.881. The van der Waals surface area contributed by atoms with Crippen molar-refractivity contribution in [2.75, 3.05) is 26.3 Å². The number of aromatic nitrogens is 2. The van der Waals surface area contributed by atoms with Gasteiger partial charge in [-0.3, -0.25) is 5.10 Å². The molecule has 0 aliphatic carbocycles. The number of aromatic amines is 1. The molecule has 2 aliphatic heterocycles. The smallest absolute Gasteiger partial charge is 0.317 e. The molecule has 4 rings (SSSR count). The summed E-state index contributed by atoms with van der Waals surface area (Å²) in [5, 5.41) is 12.1. The highest BCUT2D eigenvalue weighted by Crippen LogP contribution is 2.32. The number of urea groups is 1. The van der Waals surface area contributed by atoms with Gasteiger partial charge in [0.1, 0.15) is 0 Å². The molecule has 2 aliphatic rings. The van der Waals surface area contributed by atoms with E-state index in [0.717, 1.165) is 57.5 Å². The third kappa shape index (κ3) is 3.35. The fourth-order valence-electron chi connectivity index (χ4n) is 3.99. The van der Waals surface area contributed by atoms with E-state index in [-0.39, 0.29) is 12.1 Å². The minimum absolute atomic E-state index is 0.0793. The number of para-hydroxylation sites is 1. The Hall–Kier alpha value is -2.08. The van der Waals surface area contributed by atoms with Gasteiger partial charge in [0.2, 0.25) is 0 Å². The van der Waals surface area contributed by atoms with Gasteiger partial charge >= 0.3 is 6.03 Å². The first kappa shape index (κ1) is 16.4. The number of rotatable bonds is 2. The van der Waals surface area contributed by atoms with E-state index in [1.807, 2.05) is 4.90 Å². The molecule has 2 aromatic rings. The molecule has 0 atom stereocenters. The summed E-state index contributed by atoms with van der Waals surface area (Å²) in [4.78, 5) is 14.4. The van der Waals surface area contributed by atoms with Crippen LogP contribution in [0, 0.1) is 6.92 Å². The number of hydrogen-bond donors (Lipinski definition) is 2. The van der Waals surface area contributed by atoms with E-state index < -0.39 is 0 Å². The third-order valence-electron chi connectivity index (χ3n) is 5.56. The molecule has 0 saturated carbocycles. The van der Waals surface area contributed by atoms with E-state index >= 15 is 0 Å². The number of ether oxygens (including phenoxy) is 1. The molecule has 3 heterocycles. The van der Waals surface area contributed by atoms with Gasteiger partial charge in [-0.1, -0.05) is 18.2 Å². The van der Waals surface area contributed by atoms with E-state index in [0.29, 0.717) is 5.92 Å². The topological polar surface area (TPSA) is 70.2 Å². The monoisotopic (exact) mass is 342 g/mol. The first-order valence-electron chi connectivity index (χ1n) is 9.29. The first-order chi connectivity index (χ1) is 12.2. The molecule has 25 heavy (non-hydrogen) atoms. The van der Waals surface area contributed by atoms with E-state index in [4.69, 9.17) is 4.74 Å². The Balaban J connectivity index is 1.37. The summed E-state index contributed by atoms with van der Waals surface area (Å²) >= 11 is 0. The van der Waals surface area contributed by atoms with E-state index in [1.165, 1.54) is 16.6 Å². The maximum Gasteiger partial charge on any atom is 0.317 e. The van der Waals surface area contributed by atoms with Gasteiger partial charge in [-0.05, 0) is 38.2 Å². The van der Waals surface area contributed by atoms with Crippen LogP contribution in [0.15, 0.2) is 18.2 Å². The molecule has 0 bridgehead atoms. The average Bonchev–Trinajstić information content (AvgIpc) is 3.08. The van der Waals surface area contributed by atoms with Crippen molar-refractivity contribution in [3.63, 3.8) is 0 Å². The molecule has 0 spiro atoms. The summed E-state index contributed by atoms with van der Waals surface area (Å²) in [6.07, 6.45) is 3.79. The zero-order chi connectivity index (χ0) is 17.2. The Morgan fingerprint density at radius 2 is 2.00 bits per heavy atom. The molecule has 2 saturated heterocycles. The minimum atomic E-state index is 0.0793. The number of likely N-dealkylation sites (tertiary alicyclic amines) is 1. The molecule has 134 valence electrons. The number of hydrogen-bond acceptors (Lipinski definition) is 3. The van der Waals surface area contributed by atoms with Crippen LogP contribution in [0.3, 0.4) is 0 Å². The van der Waals surface area contributed by atoms with Gasteiger partial charge in [0.25, 0.3) is 0 Å². The van der Waals surface area contributed by atoms with Crippen molar-refractivity contribution in [3.8, 4) is 0 Å². The van der Waals surface area contributed by atoms with Crippen molar-refractivity contribution in [1.29, 1.82) is 0 Å². The van der Waals surface area contributed by atoms with E-state index in [9.17, 15) is 4.79 Å². The van der Waals surface area contributed by atoms with Gasteiger partial charge in [-0.25, -0.2) is 4.79 Å². The van der Waals surface area contributed by atoms with E-state index in [1.54, 1.807) is 0 Å².